The molecule has 1 atom stereocenters. The molecule has 0 aromatic heterocycles. The zero-order valence-electron chi connectivity index (χ0n) is 12.2. The van der Waals surface area contributed by atoms with Crippen molar-refractivity contribution in [1.82, 2.24) is 5.32 Å². The van der Waals surface area contributed by atoms with Gasteiger partial charge in [-0.3, -0.25) is 0 Å². The minimum atomic E-state index is -0.202. The highest BCUT2D eigenvalue weighted by Gasteiger charge is 2.05. The Balaban J connectivity index is 2.34. The minimum Gasteiger partial charge on any atom is -0.396 e. The first-order chi connectivity index (χ1) is 9.65. The SMILES string of the molecule is CSCCc1ccc(NC(=O)NCC(C)CCO)cc1. The summed E-state index contributed by atoms with van der Waals surface area (Å²) in [5.74, 6) is 1.38. The predicted molar refractivity (Wildman–Crippen MR) is 86.4 cm³/mol. The highest BCUT2D eigenvalue weighted by atomic mass is 32.2. The number of carbonyl (C=O) groups excluding carboxylic acids is 1. The maximum absolute atomic E-state index is 11.7. The van der Waals surface area contributed by atoms with Gasteiger partial charge >= 0.3 is 6.03 Å². The topological polar surface area (TPSA) is 61.4 Å². The molecule has 0 saturated carbocycles. The Labute approximate surface area is 125 Å². The summed E-state index contributed by atoms with van der Waals surface area (Å²) in [6, 6.07) is 7.73. The zero-order chi connectivity index (χ0) is 14.8. The lowest BCUT2D eigenvalue weighted by Crippen LogP contribution is -2.32. The van der Waals surface area contributed by atoms with Gasteiger partial charge in [0, 0.05) is 18.8 Å². The molecule has 3 N–H and O–H groups in total. The van der Waals surface area contributed by atoms with Gasteiger partial charge in [-0.1, -0.05) is 19.1 Å². The quantitative estimate of drug-likeness (QED) is 0.691. The average Bonchev–Trinajstić information content (AvgIpc) is 2.45. The highest BCUT2D eigenvalue weighted by Crippen LogP contribution is 2.11. The van der Waals surface area contributed by atoms with Crippen LogP contribution in [0, 0.1) is 5.92 Å². The Bertz CT molecular complexity index is 395. The number of urea groups is 1. The molecule has 112 valence electrons. The summed E-state index contributed by atoms with van der Waals surface area (Å²) in [5.41, 5.74) is 2.08. The number of benzene rings is 1. The number of anilines is 1. The zero-order valence-corrected chi connectivity index (χ0v) is 13.0. The van der Waals surface area contributed by atoms with Crippen molar-refractivity contribution < 1.29 is 9.90 Å². The van der Waals surface area contributed by atoms with Crippen molar-refractivity contribution in [3.8, 4) is 0 Å². The van der Waals surface area contributed by atoms with Crippen LogP contribution in [0.3, 0.4) is 0 Å². The monoisotopic (exact) mass is 296 g/mol. The molecule has 0 bridgehead atoms. The van der Waals surface area contributed by atoms with Crippen LogP contribution in [0.2, 0.25) is 0 Å². The van der Waals surface area contributed by atoms with Crippen LogP contribution < -0.4 is 10.6 Å². The van der Waals surface area contributed by atoms with Gasteiger partial charge in [0.1, 0.15) is 0 Å². The Hall–Kier alpha value is -1.20. The van der Waals surface area contributed by atoms with E-state index in [4.69, 9.17) is 5.11 Å². The summed E-state index contributed by atoms with van der Waals surface area (Å²) in [5, 5.41) is 14.4. The van der Waals surface area contributed by atoms with Gasteiger partial charge in [-0.25, -0.2) is 4.79 Å². The summed E-state index contributed by atoms with van der Waals surface area (Å²) >= 11 is 1.83. The van der Waals surface area contributed by atoms with Crippen LogP contribution in [-0.4, -0.2) is 36.3 Å². The first-order valence-electron chi connectivity index (χ1n) is 6.89. The van der Waals surface area contributed by atoms with E-state index in [0.717, 1.165) is 17.9 Å². The number of thioether (sulfide) groups is 1. The summed E-state index contributed by atoms with van der Waals surface area (Å²) < 4.78 is 0. The summed E-state index contributed by atoms with van der Waals surface area (Å²) in [4.78, 5) is 11.7. The van der Waals surface area contributed by atoms with Gasteiger partial charge in [0.05, 0.1) is 0 Å². The third-order valence-electron chi connectivity index (χ3n) is 3.04. The van der Waals surface area contributed by atoms with Gasteiger partial charge in [-0.05, 0) is 48.5 Å². The van der Waals surface area contributed by atoms with E-state index in [0.29, 0.717) is 13.0 Å². The molecule has 0 aliphatic carbocycles. The number of aryl methyl sites for hydroxylation is 1. The Morgan fingerprint density at radius 3 is 2.65 bits per heavy atom. The third-order valence-corrected chi connectivity index (χ3v) is 3.65. The smallest absolute Gasteiger partial charge is 0.319 e. The van der Waals surface area contributed by atoms with Crippen LogP contribution in [-0.2, 0) is 6.42 Å². The van der Waals surface area contributed by atoms with Crippen molar-refractivity contribution in [1.29, 1.82) is 0 Å². The van der Waals surface area contributed by atoms with Crippen molar-refractivity contribution in [2.45, 2.75) is 19.8 Å². The molecule has 20 heavy (non-hydrogen) atoms. The number of rotatable bonds is 8. The van der Waals surface area contributed by atoms with Gasteiger partial charge in [0.25, 0.3) is 0 Å². The van der Waals surface area contributed by atoms with E-state index in [2.05, 4.69) is 16.9 Å². The number of nitrogens with one attached hydrogen (secondary N) is 2. The van der Waals surface area contributed by atoms with E-state index in [-0.39, 0.29) is 18.6 Å². The van der Waals surface area contributed by atoms with E-state index in [9.17, 15) is 4.79 Å². The maximum Gasteiger partial charge on any atom is 0.319 e. The number of amides is 2. The van der Waals surface area contributed by atoms with Crippen LogP contribution in [0.1, 0.15) is 18.9 Å². The van der Waals surface area contributed by atoms with Crippen molar-refractivity contribution in [3.05, 3.63) is 29.8 Å². The van der Waals surface area contributed by atoms with Crippen molar-refractivity contribution in [3.63, 3.8) is 0 Å². The molecule has 1 aromatic carbocycles. The molecule has 2 amide bonds. The first kappa shape index (κ1) is 16.9. The van der Waals surface area contributed by atoms with Crippen LogP contribution >= 0.6 is 11.8 Å². The molecular weight excluding hydrogens is 272 g/mol. The molecular formula is C15H24N2O2S. The summed E-state index contributed by atoms with van der Waals surface area (Å²) in [7, 11) is 0. The molecule has 0 spiro atoms. The Kier molecular flexibility index (Phi) is 8.14. The van der Waals surface area contributed by atoms with Crippen molar-refractivity contribution >= 4 is 23.5 Å². The van der Waals surface area contributed by atoms with Gasteiger partial charge in [-0.15, -0.1) is 0 Å². The Morgan fingerprint density at radius 1 is 1.35 bits per heavy atom. The number of aliphatic hydroxyl groups excluding tert-OH is 1. The van der Waals surface area contributed by atoms with Gasteiger partial charge in [-0.2, -0.15) is 11.8 Å². The number of aliphatic hydroxyl groups is 1. The molecule has 1 rings (SSSR count). The van der Waals surface area contributed by atoms with E-state index < -0.39 is 0 Å². The molecule has 4 nitrogen and oxygen atoms in total. The fourth-order valence-electron chi connectivity index (χ4n) is 1.74. The van der Waals surface area contributed by atoms with E-state index in [1.54, 1.807) is 0 Å². The molecule has 1 aromatic rings. The first-order valence-corrected chi connectivity index (χ1v) is 8.28. The molecule has 0 saturated heterocycles. The highest BCUT2D eigenvalue weighted by molar-refractivity contribution is 7.98. The molecule has 0 radical (unpaired) electrons. The fourth-order valence-corrected chi connectivity index (χ4v) is 2.18. The lowest BCUT2D eigenvalue weighted by atomic mass is 10.1. The third kappa shape index (κ3) is 6.82. The molecule has 5 heteroatoms. The molecule has 1 unspecified atom stereocenters. The number of hydrogen-bond donors (Lipinski definition) is 3. The summed E-state index contributed by atoms with van der Waals surface area (Å²) in [6.45, 7) is 2.72. The lowest BCUT2D eigenvalue weighted by Gasteiger charge is -2.12. The second-order valence-electron chi connectivity index (χ2n) is 4.89. The molecule has 0 aliphatic rings. The fraction of sp³-hybridized carbons (Fsp3) is 0.533. The van der Waals surface area contributed by atoms with E-state index >= 15 is 0 Å². The van der Waals surface area contributed by atoms with Crippen molar-refractivity contribution in [2.24, 2.45) is 5.92 Å². The van der Waals surface area contributed by atoms with Gasteiger partial charge < -0.3 is 15.7 Å². The Morgan fingerprint density at radius 2 is 2.05 bits per heavy atom. The van der Waals surface area contributed by atoms with E-state index in [1.807, 2.05) is 43.0 Å². The molecule has 0 aliphatic heterocycles. The molecule has 0 fully saturated rings. The van der Waals surface area contributed by atoms with E-state index in [1.165, 1.54) is 5.56 Å². The maximum atomic E-state index is 11.7. The van der Waals surface area contributed by atoms with Crippen LogP contribution in [0.5, 0.6) is 0 Å². The lowest BCUT2D eigenvalue weighted by molar-refractivity contribution is 0.243. The standard InChI is InChI=1S/C15H24N2O2S/c1-12(7-9-18)11-16-15(19)17-14-5-3-13(4-6-14)8-10-20-2/h3-6,12,18H,7-11H2,1-2H3,(H2,16,17,19). The number of carbonyl (C=O) groups is 1. The van der Waals surface area contributed by atoms with Crippen LogP contribution in [0.4, 0.5) is 10.5 Å². The second kappa shape index (κ2) is 9.66. The average molecular weight is 296 g/mol. The van der Waals surface area contributed by atoms with Crippen molar-refractivity contribution in [2.75, 3.05) is 30.5 Å². The summed E-state index contributed by atoms with van der Waals surface area (Å²) in [6.07, 6.45) is 3.84. The van der Waals surface area contributed by atoms with Gasteiger partial charge in [0.15, 0.2) is 0 Å². The molecule has 0 heterocycles. The van der Waals surface area contributed by atoms with Crippen LogP contribution in [0.25, 0.3) is 0 Å². The second-order valence-corrected chi connectivity index (χ2v) is 5.88. The normalized spacial score (nSPS) is 11.9. The van der Waals surface area contributed by atoms with Crippen LogP contribution in [0.15, 0.2) is 24.3 Å². The number of hydrogen-bond acceptors (Lipinski definition) is 3. The largest absolute Gasteiger partial charge is 0.396 e. The minimum absolute atomic E-state index is 0.155. The predicted octanol–water partition coefficient (Wildman–Crippen LogP) is 2.73. The van der Waals surface area contributed by atoms with Gasteiger partial charge in [0.2, 0.25) is 0 Å².